The molecule has 0 aliphatic heterocycles. The van der Waals surface area contributed by atoms with Crippen molar-refractivity contribution in [2.75, 3.05) is 0 Å². The highest BCUT2D eigenvalue weighted by Crippen LogP contribution is 2.21. The number of hydrogen-bond acceptors (Lipinski definition) is 6. The van der Waals surface area contributed by atoms with Crippen molar-refractivity contribution in [3.05, 3.63) is 69.9 Å². The van der Waals surface area contributed by atoms with Gasteiger partial charge in [0.2, 0.25) is 5.82 Å². The molecule has 122 valence electrons. The zero-order valence-electron chi connectivity index (χ0n) is 12.6. The van der Waals surface area contributed by atoms with Crippen LogP contribution in [0.15, 0.2) is 47.0 Å². The Hall–Kier alpha value is -3.29. The largest absolute Gasteiger partial charge is 0.484 e. The van der Waals surface area contributed by atoms with Crippen LogP contribution in [0.5, 0.6) is 5.75 Å². The molecule has 1 aromatic heterocycles. The number of non-ortho nitro benzene ring substituents is 1. The molecule has 0 amide bonds. The first-order valence-electron chi connectivity index (χ1n) is 6.99. The number of nitro benzene ring substituents is 1. The smallest absolute Gasteiger partial charge is 0.273 e. The Morgan fingerprint density at radius 1 is 1.29 bits per heavy atom. The number of rotatable bonds is 5. The molecular weight excluding hydrogens is 317 g/mol. The van der Waals surface area contributed by atoms with Gasteiger partial charge in [-0.3, -0.25) is 10.1 Å². The molecule has 0 N–H and O–H groups in total. The molecule has 0 bridgehead atoms. The minimum Gasteiger partial charge on any atom is -0.484 e. The average Bonchev–Trinajstić information content (AvgIpc) is 3.05. The molecule has 0 saturated carbocycles. The second-order valence-electron chi connectivity index (χ2n) is 5.02. The summed E-state index contributed by atoms with van der Waals surface area (Å²) in [6.45, 7) is 1.61. The zero-order chi connectivity index (χ0) is 17.1. The minimum atomic E-state index is -0.510. The van der Waals surface area contributed by atoms with Gasteiger partial charge in [0.1, 0.15) is 11.6 Å². The van der Waals surface area contributed by atoms with E-state index in [1.54, 1.807) is 25.1 Å². The normalized spacial score (nSPS) is 10.6. The van der Waals surface area contributed by atoms with E-state index in [0.29, 0.717) is 16.9 Å². The Balaban J connectivity index is 1.71. The third kappa shape index (κ3) is 3.37. The van der Waals surface area contributed by atoms with Crippen molar-refractivity contribution < 1.29 is 18.6 Å². The molecule has 3 rings (SSSR count). The van der Waals surface area contributed by atoms with Crippen molar-refractivity contribution in [3.63, 3.8) is 0 Å². The van der Waals surface area contributed by atoms with Gasteiger partial charge in [0, 0.05) is 11.6 Å². The van der Waals surface area contributed by atoms with Crippen molar-refractivity contribution in [1.82, 2.24) is 10.1 Å². The van der Waals surface area contributed by atoms with Gasteiger partial charge in [-0.05, 0) is 24.6 Å². The summed E-state index contributed by atoms with van der Waals surface area (Å²) in [6, 6.07) is 10.4. The van der Waals surface area contributed by atoms with Crippen LogP contribution in [0.2, 0.25) is 0 Å². The maximum Gasteiger partial charge on any atom is 0.273 e. The van der Waals surface area contributed by atoms with Crippen LogP contribution in [-0.2, 0) is 6.61 Å². The monoisotopic (exact) mass is 329 g/mol. The van der Waals surface area contributed by atoms with Gasteiger partial charge in [-0.1, -0.05) is 23.4 Å². The molecule has 0 unspecified atom stereocenters. The zero-order valence-corrected chi connectivity index (χ0v) is 12.6. The topological polar surface area (TPSA) is 91.3 Å². The van der Waals surface area contributed by atoms with E-state index in [0.717, 1.165) is 0 Å². The summed E-state index contributed by atoms with van der Waals surface area (Å²) in [5, 5.41) is 14.5. The van der Waals surface area contributed by atoms with E-state index in [1.165, 1.54) is 24.3 Å². The van der Waals surface area contributed by atoms with Crippen LogP contribution in [0.3, 0.4) is 0 Å². The predicted molar refractivity (Wildman–Crippen MR) is 81.9 cm³/mol. The second-order valence-corrected chi connectivity index (χ2v) is 5.02. The molecule has 24 heavy (non-hydrogen) atoms. The number of nitrogens with zero attached hydrogens (tertiary/aromatic N) is 3. The van der Waals surface area contributed by atoms with Gasteiger partial charge in [0.15, 0.2) is 6.61 Å². The van der Waals surface area contributed by atoms with E-state index < -0.39 is 4.92 Å². The summed E-state index contributed by atoms with van der Waals surface area (Å²) in [6.07, 6.45) is 0. The fourth-order valence-corrected chi connectivity index (χ4v) is 1.99. The van der Waals surface area contributed by atoms with Gasteiger partial charge in [0.05, 0.1) is 11.0 Å². The molecule has 0 atom stereocenters. The molecule has 0 saturated heterocycles. The van der Waals surface area contributed by atoms with E-state index in [4.69, 9.17) is 9.26 Å². The lowest BCUT2D eigenvalue weighted by Crippen LogP contribution is -1.96. The highest BCUT2D eigenvalue weighted by Gasteiger charge is 2.12. The van der Waals surface area contributed by atoms with Crippen LogP contribution >= 0.6 is 0 Å². The van der Waals surface area contributed by atoms with E-state index in [2.05, 4.69) is 10.1 Å². The van der Waals surface area contributed by atoms with Crippen LogP contribution in [0.25, 0.3) is 11.4 Å². The summed E-state index contributed by atoms with van der Waals surface area (Å²) < 4.78 is 24.0. The average molecular weight is 329 g/mol. The number of aromatic nitrogens is 2. The molecule has 1 heterocycles. The van der Waals surface area contributed by atoms with E-state index in [-0.39, 0.29) is 29.8 Å². The van der Waals surface area contributed by atoms with E-state index in [9.17, 15) is 14.5 Å². The highest BCUT2D eigenvalue weighted by molar-refractivity contribution is 5.54. The maximum absolute atomic E-state index is 13.6. The third-order valence-corrected chi connectivity index (χ3v) is 3.29. The quantitative estimate of drug-likeness (QED) is 0.524. The molecule has 8 heteroatoms. The summed E-state index contributed by atoms with van der Waals surface area (Å²) in [4.78, 5) is 14.3. The first kappa shape index (κ1) is 15.6. The third-order valence-electron chi connectivity index (χ3n) is 3.29. The highest BCUT2D eigenvalue weighted by atomic mass is 19.1. The van der Waals surface area contributed by atoms with Gasteiger partial charge in [-0.15, -0.1) is 0 Å². The number of benzene rings is 2. The van der Waals surface area contributed by atoms with Crippen LogP contribution in [0.1, 0.15) is 11.5 Å². The Morgan fingerprint density at radius 3 is 2.88 bits per heavy atom. The number of ether oxygens (including phenoxy) is 1. The Labute approximate surface area is 135 Å². The molecule has 7 nitrogen and oxygen atoms in total. The van der Waals surface area contributed by atoms with E-state index in [1.807, 2.05) is 0 Å². The fraction of sp³-hybridized carbons (Fsp3) is 0.125. The van der Waals surface area contributed by atoms with Crippen molar-refractivity contribution in [1.29, 1.82) is 0 Å². The maximum atomic E-state index is 13.6. The molecule has 3 aromatic rings. The molecular formula is C16H12FN3O4. The van der Waals surface area contributed by atoms with Gasteiger partial charge < -0.3 is 9.26 Å². The number of halogens is 1. The summed E-state index contributed by atoms with van der Waals surface area (Å²) >= 11 is 0. The van der Waals surface area contributed by atoms with Crippen LogP contribution in [0.4, 0.5) is 10.1 Å². The molecule has 0 spiro atoms. The minimum absolute atomic E-state index is 0.0531. The number of nitro groups is 1. The van der Waals surface area contributed by atoms with Crippen molar-refractivity contribution in [3.8, 4) is 17.1 Å². The second kappa shape index (κ2) is 6.45. The van der Waals surface area contributed by atoms with Crippen molar-refractivity contribution in [2.24, 2.45) is 0 Å². The van der Waals surface area contributed by atoms with Crippen LogP contribution in [-0.4, -0.2) is 15.1 Å². The Morgan fingerprint density at radius 2 is 2.12 bits per heavy atom. The number of aryl methyl sites for hydroxylation is 1. The van der Waals surface area contributed by atoms with Gasteiger partial charge >= 0.3 is 0 Å². The van der Waals surface area contributed by atoms with Gasteiger partial charge in [-0.2, -0.15) is 4.98 Å². The number of hydrogen-bond donors (Lipinski definition) is 0. The van der Waals surface area contributed by atoms with Crippen molar-refractivity contribution in [2.45, 2.75) is 13.5 Å². The van der Waals surface area contributed by atoms with Crippen LogP contribution < -0.4 is 4.74 Å². The first-order valence-corrected chi connectivity index (χ1v) is 6.99. The SMILES string of the molecule is Cc1ccc(-c2noc(COc3cccc([N+](=O)[O-])c3)n2)cc1F. The molecule has 0 aliphatic carbocycles. The standard InChI is InChI=1S/C16H12FN3O4/c1-10-5-6-11(7-14(10)17)16-18-15(24-19-16)9-23-13-4-2-3-12(8-13)20(21)22/h2-8H,9H2,1H3. The van der Waals surface area contributed by atoms with Crippen molar-refractivity contribution >= 4 is 5.69 Å². The lowest BCUT2D eigenvalue weighted by molar-refractivity contribution is -0.384. The lowest BCUT2D eigenvalue weighted by Gasteiger charge is -2.02. The Bertz CT molecular complexity index is 895. The molecule has 0 radical (unpaired) electrons. The van der Waals surface area contributed by atoms with Crippen LogP contribution in [0, 0.1) is 22.9 Å². The summed E-state index contributed by atoms with van der Waals surface area (Å²) in [7, 11) is 0. The summed E-state index contributed by atoms with van der Waals surface area (Å²) in [5.74, 6) is 0.376. The molecule has 0 aliphatic rings. The lowest BCUT2D eigenvalue weighted by atomic mass is 10.1. The first-order chi connectivity index (χ1) is 11.5. The van der Waals surface area contributed by atoms with Gasteiger partial charge in [-0.25, -0.2) is 4.39 Å². The van der Waals surface area contributed by atoms with E-state index >= 15 is 0 Å². The summed E-state index contributed by atoms with van der Waals surface area (Å²) in [5.41, 5.74) is 0.939. The predicted octanol–water partition coefficient (Wildman–Crippen LogP) is 3.67. The Kier molecular flexibility index (Phi) is 4.19. The molecule has 0 fully saturated rings. The molecule has 2 aromatic carbocycles. The van der Waals surface area contributed by atoms with Gasteiger partial charge in [0.25, 0.3) is 11.6 Å². The fourth-order valence-electron chi connectivity index (χ4n) is 1.99.